The molecule has 3 heteroatoms. The molecule has 0 bridgehead atoms. The average Bonchev–Trinajstić information content (AvgIpc) is 2.89. The van der Waals surface area contributed by atoms with Gasteiger partial charge >= 0.3 is 0 Å². The third kappa shape index (κ3) is 4.06. The van der Waals surface area contributed by atoms with E-state index in [-0.39, 0.29) is 12.5 Å². The molecule has 1 fully saturated rings. The smallest absolute Gasteiger partial charge is 0.257 e. The van der Waals surface area contributed by atoms with Crippen LogP contribution in [0.5, 0.6) is 5.75 Å². The number of benzene rings is 1. The lowest BCUT2D eigenvalue weighted by Crippen LogP contribution is -2.32. The number of rotatable bonds is 5. The molecule has 0 spiro atoms. The van der Waals surface area contributed by atoms with Gasteiger partial charge in [-0.2, -0.15) is 0 Å². The predicted molar refractivity (Wildman–Crippen MR) is 71.6 cm³/mol. The average molecular weight is 247 g/mol. The third-order valence-electron chi connectivity index (χ3n) is 3.45. The van der Waals surface area contributed by atoms with E-state index in [9.17, 15) is 4.79 Å². The van der Waals surface area contributed by atoms with E-state index in [0.717, 1.165) is 12.3 Å². The first kappa shape index (κ1) is 12.9. The number of nitrogens with one attached hydrogen (secondary N) is 1. The molecule has 0 radical (unpaired) electrons. The molecule has 0 unspecified atom stereocenters. The van der Waals surface area contributed by atoms with Crippen molar-refractivity contribution in [3.8, 4) is 5.75 Å². The molecule has 0 aromatic heterocycles. The van der Waals surface area contributed by atoms with Crippen molar-refractivity contribution in [1.29, 1.82) is 0 Å². The Labute approximate surface area is 109 Å². The van der Waals surface area contributed by atoms with E-state index in [2.05, 4.69) is 5.32 Å². The van der Waals surface area contributed by atoms with Crippen LogP contribution >= 0.6 is 0 Å². The summed E-state index contributed by atoms with van der Waals surface area (Å²) in [5.41, 5.74) is 1.19. The van der Waals surface area contributed by atoms with E-state index >= 15 is 0 Å². The quantitative estimate of drug-likeness (QED) is 0.868. The lowest BCUT2D eigenvalue weighted by Gasteiger charge is -2.11. The highest BCUT2D eigenvalue weighted by atomic mass is 16.5. The molecule has 98 valence electrons. The summed E-state index contributed by atoms with van der Waals surface area (Å²) in [7, 11) is 0. The van der Waals surface area contributed by atoms with Crippen molar-refractivity contribution in [1.82, 2.24) is 5.32 Å². The van der Waals surface area contributed by atoms with E-state index < -0.39 is 0 Å². The molecular formula is C15H21NO2. The van der Waals surface area contributed by atoms with Crippen molar-refractivity contribution in [3.63, 3.8) is 0 Å². The molecule has 1 aromatic rings. The lowest BCUT2D eigenvalue weighted by molar-refractivity contribution is -0.123. The minimum Gasteiger partial charge on any atom is -0.484 e. The van der Waals surface area contributed by atoms with Crippen LogP contribution in [0.15, 0.2) is 24.3 Å². The number of amides is 1. The van der Waals surface area contributed by atoms with Crippen LogP contribution in [0.1, 0.15) is 31.2 Å². The summed E-state index contributed by atoms with van der Waals surface area (Å²) in [6, 6.07) is 7.73. The van der Waals surface area contributed by atoms with Crippen molar-refractivity contribution in [2.75, 3.05) is 13.2 Å². The fourth-order valence-electron chi connectivity index (χ4n) is 2.31. The summed E-state index contributed by atoms with van der Waals surface area (Å²) in [6.45, 7) is 2.93. The van der Waals surface area contributed by atoms with E-state index in [4.69, 9.17) is 4.74 Å². The number of carbonyl (C=O) groups is 1. The van der Waals surface area contributed by atoms with Crippen LogP contribution < -0.4 is 10.1 Å². The SMILES string of the molecule is Cc1ccc(OCC(=O)NCC2CCCC2)cc1. The molecule has 0 saturated heterocycles. The van der Waals surface area contributed by atoms with E-state index in [0.29, 0.717) is 5.92 Å². The molecule has 1 aliphatic rings. The maximum Gasteiger partial charge on any atom is 0.257 e. The predicted octanol–water partition coefficient (Wildman–Crippen LogP) is 2.68. The number of hydrogen-bond acceptors (Lipinski definition) is 2. The van der Waals surface area contributed by atoms with E-state index in [1.54, 1.807) is 0 Å². The fraction of sp³-hybridized carbons (Fsp3) is 0.533. The molecule has 18 heavy (non-hydrogen) atoms. The largest absolute Gasteiger partial charge is 0.484 e. The zero-order valence-corrected chi connectivity index (χ0v) is 10.9. The first-order valence-electron chi connectivity index (χ1n) is 6.70. The van der Waals surface area contributed by atoms with Crippen LogP contribution in [0.25, 0.3) is 0 Å². The summed E-state index contributed by atoms with van der Waals surface area (Å²) >= 11 is 0. The Morgan fingerprint density at radius 1 is 1.28 bits per heavy atom. The van der Waals surface area contributed by atoms with Gasteiger partial charge in [0.15, 0.2) is 6.61 Å². The summed E-state index contributed by atoms with van der Waals surface area (Å²) < 4.78 is 5.43. The first-order chi connectivity index (χ1) is 8.74. The van der Waals surface area contributed by atoms with E-state index in [1.807, 2.05) is 31.2 Å². The highest BCUT2D eigenvalue weighted by molar-refractivity contribution is 5.77. The van der Waals surface area contributed by atoms with Crippen molar-refractivity contribution in [2.45, 2.75) is 32.6 Å². The minimum atomic E-state index is -0.0255. The fourth-order valence-corrected chi connectivity index (χ4v) is 2.31. The minimum absolute atomic E-state index is 0.0255. The van der Waals surface area contributed by atoms with Crippen molar-refractivity contribution < 1.29 is 9.53 Å². The number of ether oxygens (including phenoxy) is 1. The Morgan fingerprint density at radius 3 is 2.61 bits per heavy atom. The molecule has 0 atom stereocenters. The van der Waals surface area contributed by atoms with Gasteiger partial charge in [-0.1, -0.05) is 30.5 Å². The van der Waals surface area contributed by atoms with Gasteiger partial charge < -0.3 is 10.1 Å². The summed E-state index contributed by atoms with van der Waals surface area (Å²) in [6.07, 6.45) is 5.11. The van der Waals surface area contributed by atoms with Gasteiger partial charge in [-0.05, 0) is 37.8 Å². The van der Waals surface area contributed by atoms with Gasteiger partial charge in [0.05, 0.1) is 0 Å². The second-order valence-corrected chi connectivity index (χ2v) is 5.06. The highest BCUT2D eigenvalue weighted by Crippen LogP contribution is 2.23. The second-order valence-electron chi connectivity index (χ2n) is 5.06. The zero-order valence-electron chi connectivity index (χ0n) is 10.9. The molecule has 1 N–H and O–H groups in total. The molecule has 1 aliphatic carbocycles. The molecule has 1 amide bonds. The van der Waals surface area contributed by atoms with Crippen molar-refractivity contribution in [3.05, 3.63) is 29.8 Å². The summed E-state index contributed by atoms with van der Waals surface area (Å²) in [5, 5.41) is 2.94. The van der Waals surface area contributed by atoms with Gasteiger partial charge in [-0.15, -0.1) is 0 Å². The Balaban J connectivity index is 1.66. The Kier molecular flexibility index (Phi) is 4.62. The van der Waals surface area contributed by atoms with Crippen LogP contribution in [0.2, 0.25) is 0 Å². The number of carbonyl (C=O) groups excluding carboxylic acids is 1. The number of hydrogen-bond donors (Lipinski definition) is 1. The van der Waals surface area contributed by atoms with Crippen LogP contribution in [0.4, 0.5) is 0 Å². The van der Waals surface area contributed by atoms with Gasteiger partial charge in [0.2, 0.25) is 0 Å². The van der Waals surface area contributed by atoms with Crippen LogP contribution in [-0.4, -0.2) is 19.1 Å². The second kappa shape index (κ2) is 6.43. The normalized spacial score (nSPS) is 15.6. The first-order valence-corrected chi connectivity index (χ1v) is 6.70. The maximum atomic E-state index is 11.6. The molecule has 2 rings (SSSR count). The topological polar surface area (TPSA) is 38.3 Å². The van der Waals surface area contributed by atoms with Gasteiger partial charge in [-0.3, -0.25) is 4.79 Å². The third-order valence-corrected chi connectivity index (χ3v) is 3.45. The molecule has 1 saturated carbocycles. The lowest BCUT2D eigenvalue weighted by atomic mass is 10.1. The molecular weight excluding hydrogens is 226 g/mol. The van der Waals surface area contributed by atoms with E-state index in [1.165, 1.54) is 31.2 Å². The molecule has 1 aromatic carbocycles. The molecule has 3 nitrogen and oxygen atoms in total. The summed E-state index contributed by atoms with van der Waals surface area (Å²) in [5.74, 6) is 1.40. The van der Waals surface area contributed by atoms with Gasteiger partial charge in [0.1, 0.15) is 5.75 Å². The van der Waals surface area contributed by atoms with Crippen LogP contribution in [-0.2, 0) is 4.79 Å². The van der Waals surface area contributed by atoms with Crippen LogP contribution in [0.3, 0.4) is 0 Å². The summed E-state index contributed by atoms with van der Waals surface area (Å²) in [4.78, 5) is 11.6. The monoisotopic (exact) mass is 247 g/mol. The Bertz CT molecular complexity index is 380. The van der Waals surface area contributed by atoms with Gasteiger partial charge in [-0.25, -0.2) is 0 Å². The Morgan fingerprint density at radius 2 is 1.94 bits per heavy atom. The Hall–Kier alpha value is -1.51. The van der Waals surface area contributed by atoms with Gasteiger partial charge in [0, 0.05) is 6.54 Å². The number of aryl methyl sites for hydroxylation is 1. The molecule has 0 heterocycles. The van der Waals surface area contributed by atoms with Crippen molar-refractivity contribution in [2.24, 2.45) is 5.92 Å². The standard InChI is InChI=1S/C15H21NO2/c1-12-6-8-14(9-7-12)18-11-15(17)16-10-13-4-2-3-5-13/h6-9,13H,2-5,10-11H2,1H3,(H,16,17). The zero-order chi connectivity index (χ0) is 12.8. The van der Waals surface area contributed by atoms with Crippen molar-refractivity contribution >= 4 is 5.91 Å². The van der Waals surface area contributed by atoms with Crippen LogP contribution in [0, 0.1) is 12.8 Å². The van der Waals surface area contributed by atoms with Gasteiger partial charge in [0.25, 0.3) is 5.91 Å². The highest BCUT2D eigenvalue weighted by Gasteiger charge is 2.15. The molecule has 0 aliphatic heterocycles. The maximum absolute atomic E-state index is 11.6.